The fourth-order valence-electron chi connectivity index (χ4n) is 0. The number of nitrogens with one attached hydrogen (secondary N) is 1. The summed E-state index contributed by atoms with van der Waals surface area (Å²) in [6.07, 6.45) is 0. The molecule has 3 heteroatoms. The van der Waals surface area contributed by atoms with E-state index in [1.54, 1.807) is 20.8 Å². The molecule has 2 nitrogen and oxygen atoms in total. The molecule has 0 amide bonds. The molecule has 79 valence electrons. The van der Waals surface area contributed by atoms with Gasteiger partial charge in [-0.25, -0.2) is 0 Å². The average Bonchev–Trinajstić information content (AvgIpc) is 2.29. The quantitative estimate of drug-likeness (QED) is 0.648. The van der Waals surface area contributed by atoms with E-state index in [4.69, 9.17) is 5.73 Å². The van der Waals surface area contributed by atoms with Crippen molar-refractivity contribution in [1.82, 2.24) is 0 Å². The van der Waals surface area contributed by atoms with Gasteiger partial charge in [0.2, 0.25) is 0 Å². The standard InChI is InChI=1S/C2H5N.3C2H5.CH4N.Ta/c1-2-3;4*1-2;/h2H2,1H3;3*1H2,2H3;2H,1H3;/q;4*-1;. The molecule has 0 fully saturated rings. The van der Waals surface area contributed by atoms with Gasteiger partial charge in [0.25, 0.3) is 0 Å². The van der Waals surface area contributed by atoms with Gasteiger partial charge in [-0.2, -0.15) is 27.8 Å². The molecular weight excluding hydrogens is 317 g/mol. The molecule has 0 radical (unpaired) electrons. The molecule has 0 atom stereocenters. The molecule has 0 heterocycles. The van der Waals surface area contributed by atoms with Gasteiger partial charge in [0.15, 0.2) is 0 Å². The third-order valence-electron chi connectivity index (χ3n) is 0.141. The van der Waals surface area contributed by atoms with Gasteiger partial charge < -0.3 is 26.5 Å². The summed E-state index contributed by atoms with van der Waals surface area (Å²) in [5.41, 5.74) is 5.75. The van der Waals surface area contributed by atoms with Crippen LogP contribution in [0.15, 0.2) is 3.34 Å². The van der Waals surface area contributed by atoms with Crippen LogP contribution in [0.4, 0.5) is 0 Å². The second kappa shape index (κ2) is 203. The predicted molar refractivity (Wildman–Crippen MR) is 56.3 cm³/mol. The summed E-state index contributed by atoms with van der Waals surface area (Å²) in [5, 5.41) is 0. The molecule has 0 saturated carbocycles. The zero-order chi connectivity index (χ0) is 11.4. The van der Waals surface area contributed by atoms with Crippen molar-refractivity contribution in [2.75, 3.05) is 13.6 Å². The van der Waals surface area contributed by atoms with Gasteiger partial charge in [-0.15, -0.1) is 0 Å². The maximum Gasteiger partial charge on any atom is -0.164 e. The van der Waals surface area contributed by atoms with E-state index in [9.17, 15) is 0 Å². The van der Waals surface area contributed by atoms with Crippen LogP contribution in [0.3, 0.4) is 0 Å². The molecule has 1 N–H and O–H groups in total. The molecule has 0 rings (SSSR count). The Bertz CT molecular complexity index is 26.5. The van der Waals surface area contributed by atoms with E-state index in [0.29, 0.717) is 0 Å². The van der Waals surface area contributed by atoms with Crippen LogP contribution >= 0.6 is 0 Å². The van der Waals surface area contributed by atoms with Gasteiger partial charge in [-0.05, 0) is 0 Å². The fraction of sp³-hybridized carbons (Fsp3) is 0.667. The van der Waals surface area contributed by atoms with E-state index in [-0.39, 0.29) is 0 Å². The molecule has 0 aromatic rings. The van der Waals surface area contributed by atoms with E-state index in [1.807, 2.05) is 6.92 Å². The Morgan fingerprint density at radius 1 is 1.00 bits per heavy atom. The SMILES string of the molecule is CC[N]=[Ta].C[NH-].[CH2-]C.[CH2-]C.[CH2-]C. The minimum Gasteiger partial charge on any atom is -0.680 e. The monoisotopic (exact) mass is 341 g/mol. The molecule has 0 unspecified atom stereocenters. The zero-order valence-corrected chi connectivity index (χ0v) is 12.4. The van der Waals surface area contributed by atoms with Crippen molar-refractivity contribution in [2.45, 2.75) is 27.7 Å². The summed E-state index contributed by atoms with van der Waals surface area (Å²) in [4.78, 5) is 0. The smallest absolute Gasteiger partial charge is 0.164 e. The van der Waals surface area contributed by atoms with Crippen molar-refractivity contribution in [1.29, 1.82) is 0 Å². The molecular formula is C9H24N2Ta-4. The summed E-state index contributed by atoms with van der Waals surface area (Å²) in [6, 6.07) is 0. The first kappa shape index (κ1) is 29.4. The van der Waals surface area contributed by atoms with Gasteiger partial charge in [-0.3, -0.25) is 0 Å². The number of hydrogen-bond donors (Lipinski definition) is 0. The number of rotatable bonds is 1. The summed E-state index contributed by atoms with van der Waals surface area (Å²) in [5.74, 6) is 0. The van der Waals surface area contributed by atoms with Gasteiger partial charge >= 0.3 is 37.7 Å². The van der Waals surface area contributed by atoms with Gasteiger partial charge in [-0.1, -0.05) is 0 Å². The van der Waals surface area contributed by atoms with Crippen LogP contribution in [0.2, 0.25) is 0 Å². The number of hydrogen-bond acceptors (Lipinski definition) is 1. The molecule has 0 bridgehead atoms. The zero-order valence-electron chi connectivity index (χ0n) is 9.22. The second-order valence-electron chi connectivity index (χ2n) is 0.458. The summed E-state index contributed by atoms with van der Waals surface area (Å²) in [7, 11) is 1.25. The van der Waals surface area contributed by atoms with E-state index in [0.717, 1.165) is 6.54 Å². The molecule has 0 aliphatic rings. The molecule has 0 spiro atoms. The van der Waals surface area contributed by atoms with Crippen molar-refractivity contribution >= 4 is 0 Å². The van der Waals surface area contributed by atoms with Crippen molar-refractivity contribution in [3.05, 3.63) is 26.5 Å². The van der Waals surface area contributed by atoms with Gasteiger partial charge in [0.05, 0.1) is 0 Å². The van der Waals surface area contributed by atoms with Crippen LogP contribution < -0.4 is 0 Å². The minimum absolute atomic E-state index is 0.994. The molecule has 0 saturated heterocycles. The molecule has 0 aliphatic heterocycles. The van der Waals surface area contributed by atoms with Crippen LogP contribution in [-0.4, -0.2) is 13.6 Å². The van der Waals surface area contributed by atoms with Crippen LogP contribution in [0.1, 0.15) is 27.7 Å². The maximum absolute atomic E-state index is 5.75. The first-order valence-corrected chi connectivity index (χ1v) is 5.28. The first-order chi connectivity index (χ1) is 5.91. The second-order valence-corrected chi connectivity index (χ2v) is 1.47. The Morgan fingerprint density at radius 3 is 1.08 bits per heavy atom. The van der Waals surface area contributed by atoms with Crippen molar-refractivity contribution < 1.29 is 20.9 Å². The summed E-state index contributed by atoms with van der Waals surface area (Å²) >= 11 is 1.17. The normalized spacial score (nSPS) is 4.00. The van der Waals surface area contributed by atoms with Crippen molar-refractivity contribution in [3.63, 3.8) is 0 Å². The van der Waals surface area contributed by atoms with Gasteiger partial charge in [0, 0.05) is 0 Å². The van der Waals surface area contributed by atoms with Crippen LogP contribution in [0.5, 0.6) is 0 Å². The Balaban J connectivity index is -0.0000000181. The Labute approximate surface area is 92.1 Å². The van der Waals surface area contributed by atoms with Crippen LogP contribution in [-0.2, 0) is 20.9 Å². The molecule has 12 heavy (non-hydrogen) atoms. The summed E-state index contributed by atoms with van der Waals surface area (Å²) < 4.78 is 3.85. The molecule has 0 aromatic carbocycles. The topological polar surface area (TPSA) is 36.2 Å². The Hall–Kier alpha value is 0.500. The van der Waals surface area contributed by atoms with Crippen LogP contribution in [0, 0.1) is 20.8 Å². The largest absolute Gasteiger partial charge is 0.680 e. The van der Waals surface area contributed by atoms with E-state index >= 15 is 0 Å². The minimum atomic E-state index is 0.994. The van der Waals surface area contributed by atoms with E-state index in [2.05, 4.69) is 24.1 Å². The Kier molecular flexibility index (Phi) is 497. The predicted octanol–water partition coefficient (Wildman–Crippen LogP) is 3.93. The van der Waals surface area contributed by atoms with E-state index < -0.39 is 0 Å². The third-order valence-corrected chi connectivity index (χ3v) is 1.16. The fourth-order valence-corrected chi connectivity index (χ4v) is 0. The average molecular weight is 341 g/mol. The van der Waals surface area contributed by atoms with Gasteiger partial charge in [0.1, 0.15) is 0 Å². The first-order valence-electron chi connectivity index (χ1n) is 3.84. The number of nitrogens with zero attached hydrogens (tertiary/aromatic N) is 1. The van der Waals surface area contributed by atoms with Crippen molar-refractivity contribution in [2.24, 2.45) is 3.34 Å². The third kappa shape index (κ3) is 421. The van der Waals surface area contributed by atoms with E-state index in [1.165, 1.54) is 27.9 Å². The molecule has 0 aliphatic carbocycles. The molecule has 0 aromatic heterocycles. The maximum atomic E-state index is 5.75. The van der Waals surface area contributed by atoms with Crippen molar-refractivity contribution in [3.8, 4) is 0 Å². The summed E-state index contributed by atoms with van der Waals surface area (Å²) in [6.45, 7) is 18.0. The van der Waals surface area contributed by atoms with Crippen LogP contribution in [0.25, 0.3) is 5.73 Å². The Morgan fingerprint density at radius 2 is 1.08 bits per heavy atom.